The third-order valence-electron chi connectivity index (χ3n) is 3.31. The predicted molar refractivity (Wildman–Crippen MR) is 82.2 cm³/mol. The van der Waals surface area contributed by atoms with Crippen molar-refractivity contribution in [3.05, 3.63) is 46.0 Å². The number of rotatable bonds is 5. The van der Waals surface area contributed by atoms with E-state index in [1.165, 1.54) is 5.57 Å². The number of carbonyl (C=O) groups is 1. The number of ether oxygens (including phenoxy) is 1. The van der Waals surface area contributed by atoms with E-state index in [4.69, 9.17) is 10.5 Å². The molecule has 5 heteroatoms. The normalized spacial score (nSPS) is 16.9. The number of nitrogens with two attached hydrogens (primary N) is 1. The maximum absolute atomic E-state index is 11.8. The first-order valence-electron chi connectivity index (χ1n) is 6.58. The highest BCUT2D eigenvalue weighted by molar-refractivity contribution is 9.10. The van der Waals surface area contributed by atoms with Gasteiger partial charge in [0.25, 0.3) is 0 Å². The van der Waals surface area contributed by atoms with E-state index in [1.54, 1.807) is 0 Å². The zero-order valence-corrected chi connectivity index (χ0v) is 13.1. The van der Waals surface area contributed by atoms with Crippen molar-refractivity contribution in [3.63, 3.8) is 0 Å². The Kier molecular flexibility index (Phi) is 5.34. The lowest BCUT2D eigenvalue weighted by Gasteiger charge is -2.28. The molecule has 0 saturated carbocycles. The summed E-state index contributed by atoms with van der Waals surface area (Å²) in [7, 11) is 1.91. The first-order valence-corrected chi connectivity index (χ1v) is 7.38. The molecule has 1 heterocycles. The van der Waals surface area contributed by atoms with Crippen LogP contribution < -0.4 is 5.73 Å². The topological polar surface area (TPSA) is 55.6 Å². The summed E-state index contributed by atoms with van der Waals surface area (Å²) in [5.41, 5.74) is 7.67. The maximum Gasteiger partial charge on any atom is 0.239 e. The van der Waals surface area contributed by atoms with Crippen molar-refractivity contribution in [2.75, 3.05) is 26.8 Å². The fourth-order valence-corrected chi connectivity index (χ4v) is 2.86. The van der Waals surface area contributed by atoms with Crippen molar-refractivity contribution in [1.82, 2.24) is 4.90 Å². The molecule has 2 rings (SSSR count). The molecule has 1 aliphatic rings. The zero-order valence-electron chi connectivity index (χ0n) is 11.5. The van der Waals surface area contributed by atoms with Crippen molar-refractivity contribution in [1.29, 1.82) is 0 Å². The van der Waals surface area contributed by atoms with Crippen LogP contribution >= 0.6 is 15.9 Å². The number of likely N-dealkylation sites (N-methyl/N-ethyl adjacent to an activating group) is 1. The number of benzene rings is 1. The van der Waals surface area contributed by atoms with Crippen molar-refractivity contribution in [3.8, 4) is 0 Å². The SMILES string of the molecule is CN(CC1=CCCOC1)C(C(N)=O)c1cccc(Br)c1. The van der Waals surface area contributed by atoms with Gasteiger partial charge in [0.15, 0.2) is 0 Å². The summed E-state index contributed by atoms with van der Waals surface area (Å²) < 4.78 is 6.37. The Balaban J connectivity index is 2.15. The molecule has 1 unspecified atom stereocenters. The van der Waals surface area contributed by atoms with Gasteiger partial charge in [-0.15, -0.1) is 0 Å². The Morgan fingerprint density at radius 1 is 1.55 bits per heavy atom. The highest BCUT2D eigenvalue weighted by atomic mass is 79.9. The van der Waals surface area contributed by atoms with E-state index in [0.717, 1.165) is 23.1 Å². The third-order valence-corrected chi connectivity index (χ3v) is 3.80. The van der Waals surface area contributed by atoms with Crippen LogP contribution in [0.5, 0.6) is 0 Å². The number of nitrogens with zero attached hydrogens (tertiary/aromatic N) is 1. The molecule has 1 aromatic carbocycles. The average molecular weight is 339 g/mol. The molecular weight excluding hydrogens is 320 g/mol. The highest BCUT2D eigenvalue weighted by Gasteiger charge is 2.24. The third kappa shape index (κ3) is 3.91. The van der Waals surface area contributed by atoms with Gasteiger partial charge in [-0.3, -0.25) is 9.69 Å². The van der Waals surface area contributed by atoms with E-state index in [1.807, 2.05) is 36.2 Å². The van der Waals surface area contributed by atoms with Crippen molar-refractivity contribution < 1.29 is 9.53 Å². The molecule has 1 aliphatic heterocycles. The Morgan fingerprint density at radius 2 is 2.35 bits per heavy atom. The minimum atomic E-state index is -0.435. The summed E-state index contributed by atoms with van der Waals surface area (Å²) in [5.74, 6) is -0.345. The molecule has 0 aromatic heterocycles. The van der Waals surface area contributed by atoms with Crippen LogP contribution in [-0.4, -0.2) is 37.6 Å². The molecule has 1 aromatic rings. The minimum absolute atomic E-state index is 0.345. The summed E-state index contributed by atoms with van der Waals surface area (Å²) in [4.78, 5) is 13.8. The van der Waals surface area contributed by atoms with Gasteiger partial charge in [-0.25, -0.2) is 0 Å². The Labute approximate surface area is 127 Å². The van der Waals surface area contributed by atoms with E-state index in [2.05, 4.69) is 22.0 Å². The molecule has 0 saturated heterocycles. The highest BCUT2D eigenvalue weighted by Crippen LogP contribution is 2.23. The van der Waals surface area contributed by atoms with Gasteiger partial charge in [0.05, 0.1) is 13.2 Å². The molecule has 0 spiro atoms. The average Bonchev–Trinajstić information content (AvgIpc) is 2.39. The van der Waals surface area contributed by atoms with Crippen LogP contribution in [0.4, 0.5) is 0 Å². The monoisotopic (exact) mass is 338 g/mol. The van der Waals surface area contributed by atoms with Crippen LogP contribution in [0.1, 0.15) is 18.0 Å². The lowest BCUT2D eigenvalue weighted by molar-refractivity contribution is -0.122. The summed E-state index contributed by atoms with van der Waals surface area (Å²) in [5, 5.41) is 0. The summed E-state index contributed by atoms with van der Waals surface area (Å²) >= 11 is 3.43. The lowest BCUT2D eigenvalue weighted by atomic mass is 10.0. The Morgan fingerprint density at radius 3 is 2.95 bits per heavy atom. The van der Waals surface area contributed by atoms with Crippen LogP contribution in [0, 0.1) is 0 Å². The van der Waals surface area contributed by atoms with Gasteiger partial charge >= 0.3 is 0 Å². The number of halogens is 1. The quantitative estimate of drug-likeness (QED) is 0.838. The fourth-order valence-electron chi connectivity index (χ4n) is 2.44. The van der Waals surface area contributed by atoms with E-state index < -0.39 is 6.04 Å². The number of hydrogen-bond acceptors (Lipinski definition) is 3. The summed E-state index contributed by atoms with van der Waals surface area (Å²) in [6.45, 7) is 2.09. The van der Waals surface area contributed by atoms with Crippen molar-refractivity contribution in [2.24, 2.45) is 5.73 Å². The molecule has 1 amide bonds. The molecule has 1 atom stereocenters. The molecule has 2 N–H and O–H groups in total. The second-order valence-corrected chi connectivity index (χ2v) is 5.89. The van der Waals surface area contributed by atoms with Gasteiger partial charge < -0.3 is 10.5 Å². The van der Waals surface area contributed by atoms with Crippen molar-refractivity contribution >= 4 is 21.8 Å². The number of carbonyl (C=O) groups excluding carboxylic acids is 1. The molecule has 4 nitrogen and oxygen atoms in total. The van der Waals surface area contributed by atoms with Gasteiger partial charge in [-0.1, -0.05) is 34.1 Å². The van der Waals surface area contributed by atoms with Gasteiger partial charge in [0.2, 0.25) is 5.91 Å². The first kappa shape index (κ1) is 15.2. The molecule has 0 bridgehead atoms. The van der Waals surface area contributed by atoms with E-state index in [-0.39, 0.29) is 5.91 Å². The van der Waals surface area contributed by atoms with Crippen LogP contribution in [0.3, 0.4) is 0 Å². The van der Waals surface area contributed by atoms with Gasteiger partial charge in [0, 0.05) is 11.0 Å². The standard InChI is InChI=1S/C15H19BrN2O2/c1-18(9-11-4-3-7-20-10-11)14(15(17)19)12-5-2-6-13(16)8-12/h2,4-6,8,14H,3,7,9-10H2,1H3,(H2,17,19). The molecule has 0 aliphatic carbocycles. The van der Waals surface area contributed by atoms with E-state index >= 15 is 0 Å². The first-order chi connectivity index (χ1) is 9.58. The van der Waals surface area contributed by atoms with Crippen molar-refractivity contribution in [2.45, 2.75) is 12.5 Å². The van der Waals surface area contributed by atoms with Crippen LogP contribution in [-0.2, 0) is 9.53 Å². The fraction of sp³-hybridized carbons (Fsp3) is 0.400. The second-order valence-electron chi connectivity index (χ2n) is 4.98. The van der Waals surface area contributed by atoms with E-state index in [9.17, 15) is 4.79 Å². The van der Waals surface area contributed by atoms with Crippen LogP contribution in [0.15, 0.2) is 40.4 Å². The Hall–Kier alpha value is -1.17. The maximum atomic E-state index is 11.8. The zero-order chi connectivity index (χ0) is 14.5. The smallest absolute Gasteiger partial charge is 0.239 e. The molecule has 0 fully saturated rings. The predicted octanol–water partition coefficient (Wildman–Crippen LogP) is 2.25. The number of amides is 1. The van der Waals surface area contributed by atoms with Gasteiger partial charge in [-0.05, 0) is 36.7 Å². The summed E-state index contributed by atoms with van der Waals surface area (Å²) in [6.07, 6.45) is 3.11. The van der Waals surface area contributed by atoms with Gasteiger partial charge in [0.1, 0.15) is 6.04 Å². The Bertz CT molecular complexity index is 516. The van der Waals surface area contributed by atoms with Crippen LogP contribution in [0.25, 0.3) is 0 Å². The second kappa shape index (κ2) is 7.02. The van der Waals surface area contributed by atoms with Gasteiger partial charge in [-0.2, -0.15) is 0 Å². The number of hydrogen-bond donors (Lipinski definition) is 1. The molecular formula is C15H19BrN2O2. The summed E-state index contributed by atoms with van der Waals surface area (Å²) in [6, 6.07) is 7.25. The largest absolute Gasteiger partial charge is 0.377 e. The lowest BCUT2D eigenvalue weighted by Crippen LogP contribution is -2.37. The molecule has 20 heavy (non-hydrogen) atoms. The minimum Gasteiger partial charge on any atom is -0.377 e. The number of primary amides is 1. The van der Waals surface area contributed by atoms with E-state index in [0.29, 0.717) is 13.2 Å². The molecule has 108 valence electrons. The molecule has 0 radical (unpaired) electrons. The van der Waals surface area contributed by atoms with Crippen LogP contribution in [0.2, 0.25) is 0 Å².